The number of aliphatic hydroxyl groups is 1. The van der Waals surface area contributed by atoms with Crippen LogP contribution in [-0.4, -0.2) is 21.8 Å². The first-order valence-electron chi connectivity index (χ1n) is 10.2. The van der Waals surface area contributed by atoms with Crippen LogP contribution in [0.15, 0.2) is 30.0 Å². The van der Waals surface area contributed by atoms with Crippen molar-refractivity contribution in [2.75, 3.05) is 0 Å². The molecule has 0 amide bonds. The van der Waals surface area contributed by atoms with Crippen molar-refractivity contribution in [2.45, 2.75) is 66.2 Å². The number of aliphatic hydroxyl groups excluding tert-OH is 1. The molecule has 1 aliphatic carbocycles. The van der Waals surface area contributed by atoms with Crippen molar-refractivity contribution in [3.8, 4) is 5.75 Å². The maximum atomic E-state index is 13.5. The van der Waals surface area contributed by atoms with Gasteiger partial charge in [-0.3, -0.25) is 9.59 Å². The molecule has 4 nitrogen and oxygen atoms in total. The normalized spacial score (nSPS) is 14.9. The molecule has 3 rings (SSSR count). The summed E-state index contributed by atoms with van der Waals surface area (Å²) < 4.78 is 0. The van der Waals surface area contributed by atoms with E-state index < -0.39 is 22.4 Å². The molecule has 2 N–H and O–H groups in total. The summed E-state index contributed by atoms with van der Waals surface area (Å²) in [6.07, 6.45) is 0. The molecule has 2 aromatic rings. The number of fused-ring (bicyclic) bond motifs is 1. The zero-order valence-corrected chi connectivity index (χ0v) is 19.0. The molecular weight excluding hydrogens is 376 g/mol. The summed E-state index contributed by atoms with van der Waals surface area (Å²) in [6.45, 7) is 15.5. The quantitative estimate of drug-likeness (QED) is 0.613. The first-order valence-corrected chi connectivity index (χ1v) is 10.2. The number of ketones is 2. The smallest absolute Gasteiger partial charge is 0.229 e. The summed E-state index contributed by atoms with van der Waals surface area (Å²) in [5.41, 5.74) is 3.09. The summed E-state index contributed by atoms with van der Waals surface area (Å²) in [6, 6.07) is 6.97. The maximum Gasteiger partial charge on any atom is 0.229 e. The van der Waals surface area contributed by atoms with Gasteiger partial charge in [0.2, 0.25) is 5.78 Å². The van der Waals surface area contributed by atoms with E-state index in [0.29, 0.717) is 27.8 Å². The van der Waals surface area contributed by atoms with Gasteiger partial charge < -0.3 is 10.2 Å². The number of allylic oxidation sites excluding steroid dienone is 2. The number of benzene rings is 2. The fourth-order valence-corrected chi connectivity index (χ4v) is 4.11. The van der Waals surface area contributed by atoms with Crippen LogP contribution in [0.1, 0.15) is 90.1 Å². The lowest BCUT2D eigenvalue weighted by Crippen LogP contribution is -2.24. The summed E-state index contributed by atoms with van der Waals surface area (Å²) in [5, 5.41) is 21.8. The van der Waals surface area contributed by atoms with Crippen LogP contribution in [0.5, 0.6) is 5.75 Å². The highest BCUT2D eigenvalue weighted by Crippen LogP contribution is 2.43. The Morgan fingerprint density at radius 3 is 1.70 bits per heavy atom. The van der Waals surface area contributed by atoms with Crippen molar-refractivity contribution in [1.82, 2.24) is 0 Å². The zero-order chi connectivity index (χ0) is 22.8. The molecular formula is C26H30O4. The molecule has 0 heterocycles. The highest BCUT2D eigenvalue weighted by Gasteiger charge is 2.36. The number of Topliss-reactive ketones (excluding diaryl/α,β-unsaturated/α-hetero) is 2. The summed E-state index contributed by atoms with van der Waals surface area (Å²) >= 11 is 0. The van der Waals surface area contributed by atoms with Gasteiger partial charge in [0, 0.05) is 22.3 Å². The zero-order valence-electron chi connectivity index (χ0n) is 19.0. The minimum absolute atomic E-state index is 0.00602. The van der Waals surface area contributed by atoms with E-state index in [2.05, 4.69) is 0 Å². The van der Waals surface area contributed by atoms with Crippen LogP contribution in [0.3, 0.4) is 0 Å². The molecule has 0 bridgehead atoms. The van der Waals surface area contributed by atoms with Crippen molar-refractivity contribution in [3.05, 3.63) is 69.0 Å². The first kappa shape index (κ1) is 21.8. The summed E-state index contributed by atoms with van der Waals surface area (Å²) in [4.78, 5) is 26.5. The van der Waals surface area contributed by atoms with Crippen LogP contribution >= 0.6 is 0 Å². The van der Waals surface area contributed by atoms with E-state index >= 15 is 0 Å². The Kier molecular flexibility index (Phi) is 4.97. The molecule has 0 saturated heterocycles. The molecule has 0 unspecified atom stereocenters. The van der Waals surface area contributed by atoms with Crippen LogP contribution in [-0.2, 0) is 10.8 Å². The van der Waals surface area contributed by atoms with Crippen LogP contribution in [0.25, 0.3) is 5.57 Å². The molecule has 0 atom stereocenters. The standard InChI is InChI=1S/C26H30O4/c1-13-9-14(2)19-16(10-13)21(27)20(24(30)23(19)29)15-11-17(25(3,4)5)22(28)18(12-15)26(6,7)8/h9-12,28,30H,1-8H3. The maximum absolute atomic E-state index is 13.5. The largest absolute Gasteiger partial charge is 0.507 e. The van der Waals surface area contributed by atoms with Gasteiger partial charge in [-0.1, -0.05) is 53.2 Å². The van der Waals surface area contributed by atoms with E-state index in [-0.39, 0.29) is 22.7 Å². The number of hydrogen-bond donors (Lipinski definition) is 2. The predicted molar refractivity (Wildman–Crippen MR) is 120 cm³/mol. The lowest BCUT2D eigenvalue weighted by molar-refractivity contribution is 0.0946. The molecule has 0 spiro atoms. The summed E-state index contributed by atoms with van der Waals surface area (Å²) in [5.74, 6) is -1.27. The number of carbonyl (C=O) groups excluding carboxylic acids is 2. The molecule has 2 aromatic carbocycles. The lowest BCUT2D eigenvalue weighted by Gasteiger charge is -2.29. The van der Waals surface area contributed by atoms with Gasteiger partial charge in [0.05, 0.1) is 5.57 Å². The van der Waals surface area contributed by atoms with Gasteiger partial charge in [-0.15, -0.1) is 0 Å². The van der Waals surface area contributed by atoms with Crippen molar-refractivity contribution < 1.29 is 19.8 Å². The van der Waals surface area contributed by atoms with Crippen molar-refractivity contribution in [2.24, 2.45) is 0 Å². The van der Waals surface area contributed by atoms with Gasteiger partial charge in [-0.05, 0) is 54.0 Å². The number of aryl methyl sites for hydroxylation is 2. The molecule has 0 radical (unpaired) electrons. The monoisotopic (exact) mass is 406 g/mol. The average molecular weight is 407 g/mol. The molecule has 0 aromatic heterocycles. The van der Waals surface area contributed by atoms with E-state index in [1.807, 2.05) is 54.5 Å². The number of aromatic hydroxyl groups is 1. The minimum Gasteiger partial charge on any atom is -0.507 e. The van der Waals surface area contributed by atoms with Gasteiger partial charge in [0.25, 0.3) is 0 Å². The topological polar surface area (TPSA) is 74.6 Å². The minimum atomic E-state index is -0.542. The SMILES string of the molecule is Cc1cc(C)c2c(c1)C(=O)C(c1cc(C(C)(C)C)c(O)c(C(C)(C)C)c1)=C(O)C2=O. The Balaban J connectivity index is 2.36. The first-order chi connectivity index (χ1) is 13.6. The lowest BCUT2D eigenvalue weighted by atomic mass is 9.75. The van der Waals surface area contributed by atoms with Gasteiger partial charge in [-0.25, -0.2) is 0 Å². The second-order valence-electron chi connectivity index (χ2n) is 10.3. The van der Waals surface area contributed by atoms with E-state index in [1.165, 1.54) is 0 Å². The Bertz CT molecular complexity index is 1080. The van der Waals surface area contributed by atoms with Gasteiger partial charge in [0.15, 0.2) is 11.5 Å². The molecule has 0 aliphatic heterocycles. The Hall–Kier alpha value is -2.88. The molecule has 0 saturated carbocycles. The van der Waals surface area contributed by atoms with Crippen LogP contribution in [0.2, 0.25) is 0 Å². The number of hydrogen-bond acceptors (Lipinski definition) is 4. The van der Waals surface area contributed by atoms with Gasteiger partial charge in [-0.2, -0.15) is 0 Å². The number of phenols is 1. The van der Waals surface area contributed by atoms with E-state index in [9.17, 15) is 19.8 Å². The second-order valence-corrected chi connectivity index (χ2v) is 10.3. The Labute approximate surface area is 178 Å². The molecule has 4 heteroatoms. The molecule has 0 fully saturated rings. The van der Waals surface area contributed by atoms with Crippen LogP contribution < -0.4 is 0 Å². The van der Waals surface area contributed by atoms with E-state index in [1.54, 1.807) is 25.1 Å². The second kappa shape index (κ2) is 6.83. The third kappa shape index (κ3) is 3.45. The van der Waals surface area contributed by atoms with E-state index in [4.69, 9.17) is 0 Å². The van der Waals surface area contributed by atoms with E-state index in [0.717, 1.165) is 5.56 Å². The average Bonchev–Trinajstić information content (AvgIpc) is 2.58. The molecule has 1 aliphatic rings. The van der Waals surface area contributed by atoms with Crippen molar-refractivity contribution in [1.29, 1.82) is 0 Å². The third-order valence-corrected chi connectivity index (χ3v) is 5.65. The number of carbonyl (C=O) groups is 2. The summed E-state index contributed by atoms with van der Waals surface area (Å²) in [7, 11) is 0. The van der Waals surface area contributed by atoms with Gasteiger partial charge in [0.1, 0.15) is 5.75 Å². The third-order valence-electron chi connectivity index (χ3n) is 5.65. The van der Waals surface area contributed by atoms with Crippen LogP contribution in [0, 0.1) is 13.8 Å². The van der Waals surface area contributed by atoms with Crippen LogP contribution in [0.4, 0.5) is 0 Å². The molecule has 158 valence electrons. The highest BCUT2D eigenvalue weighted by molar-refractivity contribution is 6.40. The Morgan fingerprint density at radius 1 is 0.733 bits per heavy atom. The van der Waals surface area contributed by atoms with Crippen molar-refractivity contribution >= 4 is 17.1 Å². The Morgan fingerprint density at radius 2 is 1.23 bits per heavy atom. The molecule has 30 heavy (non-hydrogen) atoms. The number of rotatable bonds is 1. The highest BCUT2D eigenvalue weighted by atomic mass is 16.3. The predicted octanol–water partition coefficient (Wildman–Crippen LogP) is 5.95. The fraction of sp³-hybridized carbons (Fsp3) is 0.385. The fourth-order valence-electron chi connectivity index (χ4n) is 4.11. The van der Waals surface area contributed by atoms with Crippen molar-refractivity contribution in [3.63, 3.8) is 0 Å². The number of phenolic OH excluding ortho intramolecular Hbond substituents is 1. The van der Waals surface area contributed by atoms with Gasteiger partial charge >= 0.3 is 0 Å².